The summed E-state index contributed by atoms with van der Waals surface area (Å²) in [5.74, 6) is -1.98. The molecule has 28 heavy (non-hydrogen) atoms. The number of hydrogen-bond donors (Lipinski definition) is 1. The number of benzene rings is 2. The molecule has 7 nitrogen and oxygen atoms in total. The molecule has 0 bridgehead atoms. The molecule has 0 heterocycles. The molecule has 0 fully saturated rings. The molecule has 2 rings (SSSR count). The van der Waals surface area contributed by atoms with Crippen LogP contribution in [0.5, 0.6) is 0 Å². The predicted molar refractivity (Wildman–Crippen MR) is 102 cm³/mol. The average molecular weight is 408 g/mol. The molecule has 0 saturated carbocycles. The van der Waals surface area contributed by atoms with Crippen molar-refractivity contribution in [1.29, 1.82) is 0 Å². The second-order valence-corrected chi connectivity index (χ2v) is 7.98. The second kappa shape index (κ2) is 9.43. The van der Waals surface area contributed by atoms with E-state index in [1.807, 2.05) is 19.1 Å². The molecule has 0 saturated heterocycles. The van der Waals surface area contributed by atoms with Gasteiger partial charge in [0.2, 0.25) is 10.0 Å². The van der Waals surface area contributed by atoms with Crippen LogP contribution in [0.15, 0.2) is 53.4 Å². The van der Waals surface area contributed by atoms with Gasteiger partial charge in [0.05, 0.1) is 4.90 Å². The Bertz CT molecular complexity index is 945. The molecule has 0 atom stereocenters. The average Bonchev–Trinajstić information content (AvgIpc) is 2.67. The first-order chi connectivity index (χ1) is 13.2. The van der Waals surface area contributed by atoms with Crippen LogP contribution in [0.25, 0.3) is 0 Å². The molecule has 0 aromatic heterocycles. The van der Waals surface area contributed by atoms with Gasteiger partial charge < -0.3 is 10.1 Å². The number of amides is 1. The van der Waals surface area contributed by atoms with E-state index >= 15 is 0 Å². The van der Waals surface area contributed by atoms with E-state index in [0.29, 0.717) is 5.69 Å². The summed E-state index contributed by atoms with van der Waals surface area (Å²) >= 11 is 0. The molecule has 0 aliphatic carbocycles. The van der Waals surface area contributed by atoms with Crippen molar-refractivity contribution < 1.29 is 27.1 Å². The third-order valence-corrected chi connectivity index (χ3v) is 5.73. The number of para-hydroxylation sites is 1. The highest BCUT2D eigenvalue weighted by atomic mass is 32.2. The number of halogens is 1. The van der Waals surface area contributed by atoms with Crippen LogP contribution in [0.3, 0.4) is 0 Å². The first-order valence-corrected chi connectivity index (χ1v) is 9.93. The highest BCUT2D eigenvalue weighted by Gasteiger charge is 2.24. The molecule has 0 radical (unpaired) electrons. The van der Waals surface area contributed by atoms with Gasteiger partial charge in [0, 0.05) is 12.7 Å². The van der Waals surface area contributed by atoms with Gasteiger partial charge in [-0.2, -0.15) is 4.31 Å². The molecular formula is C19H21FN2O5S. The molecular weight excluding hydrogens is 387 g/mol. The molecule has 150 valence electrons. The molecule has 9 heteroatoms. The molecule has 0 aliphatic heterocycles. The van der Waals surface area contributed by atoms with Crippen LogP contribution in [0, 0.1) is 5.82 Å². The first kappa shape index (κ1) is 21.5. The van der Waals surface area contributed by atoms with E-state index in [4.69, 9.17) is 4.74 Å². The zero-order valence-corrected chi connectivity index (χ0v) is 16.3. The number of carbonyl (C=O) groups excluding carboxylic acids is 2. The molecule has 1 N–H and O–H groups in total. The van der Waals surface area contributed by atoms with Gasteiger partial charge in [-0.25, -0.2) is 12.8 Å². The van der Waals surface area contributed by atoms with E-state index in [1.54, 1.807) is 12.1 Å². The van der Waals surface area contributed by atoms with Crippen molar-refractivity contribution in [3.63, 3.8) is 0 Å². The first-order valence-electron chi connectivity index (χ1n) is 8.49. The number of rotatable bonds is 8. The number of esters is 1. The van der Waals surface area contributed by atoms with Gasteiger partial charge in [-0.15, -0.1) is 0 Å². The largest absolute Gasteiger partial charge is 0.455 e. The zero-order valence-electron chi connectivity index (χ0n) is 15.5. The third kappa shape index (κ3) is 5.61. The minimum Gasteiger partial charge on any atom is -0.455 e. The molecule has 2 aromatic carbocycles. The number of hydrogen-bond acceptors (Lipinski definition) is 5. The Labute approximate surface area is 163 Å². The highest BCUT2D eigenvalue weighted by Crippen LogP contribution is 2.16. The predicted octanol–water partition coefficient (Wildman–Crippen LogP) is 2.19. The van der Waals surface area contributed by atoms with Gasteiger partial charge >= 0.3 is 5.97 Å². The quantitative estimate of drug-likeness (QED) is 0.676. The number of nitrogens with one attached hydrogen (secondary N) is 1. The molecule has 0 aliphatic rings. The Balaban J connectivity index is 1.89. The van der Waals surface area contributed by atoms with Crippen LogP contribution in [0.2, 0.25) is 0 Å². The fraction of sp³-hybridized carbons (Fsp3) is 0.263. The minimum absolute atomic E-state index is 0.155. The molecule has 1 amide bonds. The van der Waals surface area contributed by atoms with Crippen LogP contribution >= 0.6 is 0 Å². The molecule has 0 spiro atoms. The van der Waals surface area contributed by atoms with Crippen molar-refractivity contribution in [2.24, 2.45) is 0 Å². The summed E-state index contributed by atoms with van der Waals surface area (Å²) in [5.41, 5.74) is 1.56. The second-order valence-electron chi connectivity index (χ2n) is 5.93. The molecule has 0 unspecified atom stereocenters. The third-order valence-electron chi connectivity index (χ3n) is 3.91. The Morgan fingerprint density at radius 1 is 1.11 bits per heavy atom. The number of sulfonamides is 1. The van der Waals surface area contributed by atoms with E-state index in [-0.39, 0.29) is 4.90 Å². The van der Waals surface area contributed by atoms with Crippen LogP contribution in [0.4, 0.5) is 10.1 Å². The van der Waals surface area contributed by atoms with Gasteiger partial charge in [-0.3, -0.25) is 9.59 Å². The lowest BCUT2D eigenvalue weighted by Crippen LogP contribution is -2.34. The van der Waals surface area contributed by atoms with E-state index in [1.165, 1.54) is 7.05 Å². The SMILES string of the molecule is CCc1ccccc1NC(=O)COC(=O)CN(C)S(=O)(=O)c1ccc(F)cc1. The number of ether oxygens (including phenoxy) is 1. The normalized spacial score (nSPS) is 11.3. The lowest BCUT2D eigenvalue weighted by Gasteiger charge is -2.16. The number of nitrogens with zero attached hydrogens (tertiary/aromatic N) is 1. The lowest BCUT2D eigenvalue weighted by molar-refractivity contribution is -0.147. The van der Waals surface area contributed by atoms with Crippen LogP contribution in [-0.2, 0) is 30.8 Å². The maximum absolute atomic E-state index is 12.9. The number of aryl methyl sites for hydroxylation is 1. The lowest BCUT2D eigenvalue weighted by atomic mass is 10.1. The standard InChI is InChI=1S/C19H21FN2O5S/c1-3-14-6-4-5-7-17(14)21-18(23)13-27-19(24)12-22(2)28(25,26)16-10-8-15(20)9-11-16/h4-11H,3,12-13H2,1-2H3,(H,21,23). The Morgan fingerprint density at radius 3 is 2.39 bits per heavy atom. The van der Waals surface area contributed by atoms with Crippen molar-refractivity contribution in [3.8, 4) is 0 Å². The highest BCUT2D eigenvalue weighted by molar-refractivity contribution is 7.89. The summed E-state index contributed by atoms with van der Waals surface area (Å²) in [7, 11) is -2.79. The van der Waals surface area contributed by atoms with Gasteiger partial charge in [0.1, 0.15) is 12.4 Å². The van der Waals surface area contributed by atoms with Crippen molar-refractivity contribution in [3.05, 3.63) is 59.9 Å². The van der Waals surface area contributed by atoms with E-state index < -0.39 is 40.9 Å². The topological polar surface area (TPSA) is 92.8 Å². The van der Waals surface area contributed by atoms with Gasteiger partial charge in [-0.05, 0) is 42.3 Å². The summed E-state index contributed by atoms with van der Waals surface area (Å²) in [6.07, 6.45) is 0.724. The van der Waals surface area contributed by atoms with Gasteiger partial charge in [-0.1, -0.05) is 25.1 Å². The smallest absolute Gasteiger partial charge is 0.321 e. The summed E-state index contributed by atoms with van der Waals surface area (Å²) in [6, 6.07) is 11.5. The minimum atomic E-state index is -3.98. The summed E-state index contributed by atoms with van der Waals surface area (Å²) in [4.78, 5) is 23.7. The summed E-state index contributed by atoms with van der Waals surface area (Å²) in [6.45, 7) is 0.822. The maximum Gasteiger partial charge on any atom is 0.321 e. The van der Waals surface area contributed by atoms with Crippen LogP contribution in [-0.4, -0.2) is 44.8 Å². The summed E-state index contributed by atoms with van der Waals surface area (Å²) in [5, 5.41) is 2.65. The maximum atomic E-state index is 12.9. The number of anilines is 1. The summed E-state index contributed by atoms with van der Waals surface area (Å²) < 4.78 is 43.3. The zero-order chi connectivity index (χ0) is 20.7. The Hall–Kier alpha value is -2.78. The van der Waals surface area contributed by atoms with Gasteiger partial charge in [0.15, 0.2) is 6.61 Å². The van der Waals surface area contributed by atoms with Crippen molar-refractivity contribution in [2.75, 3.05) is 25.5 Å². The van der Waals surface area contributed by atoms with Crippen LogP contribution in [0.1, 0.15) is 12.5 Å². The monoisotopic (exact) mass is 408 g/mol. The molecule has 2 aromatic rings. The Morgan fingerprint density at radius 2 is 1.75 bits per heavy atom. The Kier molecular flexibility index (Phi) is 7.24. The van der Waals surface area contributed by atoms with Crippen LogP contribution < -0.4 is 5.32 Å². The number of likely N-dealkylation sites (N-methyl/N-ethyl adjacent to an activating group) is 1. The van der Waals surface area contributed by atoms with E-state index in [2.05, 4.69) is 5.32 Å². The van der Waals surface area contributed by atoms with Crippen molar-refractivity contribution in [1.82, 2.24) is 4.31 Å². The van der Waals surface area contributed by atoms with Crippen molar-refractivity contribution in [2.45, 2.75) is 18.2 Å². The number of carbonyl (C=O) groups is 2. The van der Waals surface area contributed by atoms with Gasteiger partial charge in [0.25, 0.3) is 5.91 Å². The van der Waals surface area contributed by atoms with Crippen molar-refractivity contribution >= 4 is 27.6 Å². The van der Waals surface area contributed by atoms with E-state index in [9.17, 15) is 22.4 Å². The fourth-order valence-corrected chi connectivity index (χ4v) is 3.50. The van der Waals surface area contributed by atoms with E-state index in [0.717, 1.165) is 40.6 Å². The fourth-order valence-electron chi connectivity index (χ4n) is 2.38.